The van der Waals surface area contributed by atoms with Crippen molar-refractivity contribution in [1.29, 1.82) is 0 Å². The Morgan fingerprint density at radius 1 is 1.29 bits per heavy atom. The van der Waals surface area contributed by atoms with Crippen LogP contribution in [0.1, 0.15) is 42.9 Å². The summed E-state index contributed by atoms with van der Waals surface area (Å²) in [7, 11) is 0. The highest BCUT2D eigenvalue weighted by Gasteiger charge is 2.13. The third kappa shape index (κ3) is 4.50. The summed E-state index contributed by atoms with van der Waals surface area (Å²) in [4.78, 5) is 15.8. The smallest absolute Gasteiger partial charge is 0.244 e. The summed E-state index contributed by atoms with van der Waals surface area (Å²) >= 11 is 0. The molecule has 3 rings (SSSR count). The molecule has 3 heterocycles. The van der Waals surface area contributed by atoms with Crippen molar-refractivity contribution >= 4 is 12.0 Å². The standard InChI is InChI=1S/C18H23N5O/c24-18(10-9-15-6-4-11-19-14-15)20-12-5-8-17-22-21-16-7-2-1-3-13-23(16)17/h4,6,9-11,14H,1-3,5,7-8,12-13H2,(H,20,24)/b10-9-. The molecule has 0 unspecified atom stereocenters. The van der Waals surface area contributed by atoms with Crippen LogP contribution in [0.2, 0.25) is 0 Å². The molecule has 6 heteroatoms. The third-order valence-electron chi connectivity index (χ3n) is 4.17. The first kappa shape index (κ1) is 16.4. The second kappa shape index (κ2) is 8.38. The molecule has 0 saturated heterocycles. The first-order chi connectivity index (χ1) is 11.8. The molecule has 2 aromatic rings. The van der Waals surface area contributed by atoms with Crippen LogP contribution in [0.25, 0.3) is 6.08 Å². The van der Waals surface area contributed by atoms with Crippen molar-refractivity contribution < 1.29 is 4.79 Å². The molecule has 0 saturated carbocycles. The van der Waals surface area contributed by atoms with E-state index in [1.807, 2.05) is 12.1 Å². The van der Waals surface area contributed by atoms with Gasteiger partial charge in [-0.15, -0.1) is 10.2 Å². The fourth-order valence-electron chi connectivity index (χ4n) is 2.89. The fraction of sp³-hybridized carbons (Fsp3) is 0.444. The summed E-state index contributed by atoms with van der Waals surface area (Å²) in [5, 5.41) is 11.5. The zero-order valence-corrected chi connectivity index (χ0v) is 13.8. The maximum Gasteiger partial charge on any atom is 0.244 e. The summed E-state index contributed by atoms with van der Waals surface area (Å²) in [5.41, 5.74) is 0.916. The molecular weight excluding hydrogens is 302 g/mol. The van der Waals surface area contributed by atoms with Gasteiger partial charge in [-0.1, -0.05) is 12.5 Å². The van der Waals surface area contributed by atoms with Gasteiger partial charge >= 0.3 is 0 Å². The number of hydrogen-bond donors (Lipinski definition) is 1. The lowest BCUT2D eigenvalue weighted by atomic mass is 10.2. The van der Waals surface area contributed by atoms with Gasteiger partial charge in [-0.3, -0.25) is 9.78 Å². The molecule has 0 atom stereocenters. The Labute approximate surface area is 142 Å². The van der Waals surface area contributed by atoms with Crippen molar-refractivity contribution in [3.05, 3.63) is 47.8 Å². The molecule has 1 N–H and O–H groups in total. The summed E-state index contributed by atoms with van der Waals surface area (Å²) < 4.78 is 2.26. The molecule has 6 nitrogen and oxygen atoms in total. The maximum atomic E-state index is 11.8. The Kier molecular flexibility index (Phi) is 5.71. The number of rotatable bonds is 6. The predicted octanol–water partition coefficient (Wildman–Crippen LogP) is 2.16. The van der Waals surface area contributed by atoms with E-state index in [0.717, 1.165) is 43.0 Å². The Bertz CT molecular complexity index is 693. The molecule has 0 spiro atoms. The van der Waals surface area contributed by atoms with E-state index < -0.39 is 0 Å². The van der Waals surface area contributed by atoms with Gasteiger partial charge < -0.3 is 9.88 Å². The number of fused-ring (bicyclic) bond motifs is 1. The SMILES string of the molecule is O=C(/C=C\c1cccnc1)NCCCc1nnc2n1CCCCC2. The molecule has 2 aromatic heterocycles. The second-order valence-electron chi connectivity index (χ2n) is 6.01. The molecule has 0 aromatic carbocycles. The molecule has 126 valence electrons. The topological polar surface area (TPSA) is 72.7 Å². The van der Waals surface area contributed by atoms with Crippen molar-refractivity contribution in [3.8, 4) is 0 Å². The van der Waals surface area contributed by atoms with Crippen molar-refractivity contribution in [1.82, 2.24) is 25.1 Å². The van der Waals surface area contributed by atoms with E-state index in [0.29, 0.717) is 6.54 Å². The minimum atomic E-state index is -0.0843. The predicted molar refractivity (Wildman–Crippen MR) is 92.2 cm³/mol. The lowest BCUT2D eigenvalue weighted by molar-refractivity contribution is -0.116. The zero-order valence-electron chi connectivity index (χ0n) is 13.8. The second-order valence-corrected chi connectivity index (χ2v) is 6.01. The number of aryl methyl sites for hydroxylation is 2. The first-order valence-electron chi connectivity index (χ1n) is 8.60. The summed E-state index contributed by atoms with van der Waals surface area (Å²) in [5.74, 6) is 2.08. The summed E-state index contributed by atoms with van der Waals surface area (Å²) in [6, 6.07) is 3.76. The molecule has 0 fully saturated rings. The average Bonchev–Trinajstić information content (AvgIpc) is 2.84. The number of hydrogen-bond acceptors (Lipinski definition) is 4. The summed E-state index contributed by atoms with van der Waals surface area (Å²) in [6.07, 6.45) is 13.2. The number of nitrogens with zero attached hydrogens (tertiary/aromatic N) is 4. The van der Waals surface area contributed by atoms with Gasteiger partial charge in [-0.2, -0.15) is 0 Å². The van der Waals surface area contributed by atoms with Gasteiger partial charge in [0.05, 0.1) is 0 Å². The van der Waals surface area contributed by atoms with Crippen molar-refractivity contribution in [2.75, 3.05) is 6.54 Å². The van der Waals surface area contributed by atoms with Gasteiger partial charge in [0.15, 0.2) is 0 Å². The molecular formula is C18H23N5O. The van der Waals surface area contributed by atoms with Gasteiger partial charge in [0, 0.05) is 44.4 Å². The zero-order chi connectivity index (χ0) is 16.6. The molecule has 0 aliphatic carbocycles. The molecule has 0 bridgehead atoms. The third-order valence-corrected chi connectivity index (χ3v) is 4.17. The van der Waals surface area contributed by atoms with E-state index in [2.05, 4.69) is 25.1 Å². The number of carbonyl (C=O) groups excluding carboxylic acids is 1. The summed E-state index contributed by atoms with van der Waals surface area (Å²) in [6.45, 7) is 1.66. The number of amides is 1. The van der Waals surface area contributed by atoms with E-state index in [9.17, 15) is 4.79 Å². The number of aromatic nitrogens is 4. The minimum Gasteiger partial charge on any atom is -0.353 e. The molecule has 1 aliphatic rings. The van der Waals surface area contributed by atoms with Crippen LogP contribution < -0.4 is 5.32 Å². The van der Waals surface area contributed by atoms with Crippen LogP contribution in [-0.2, 0) is 24.2 Å². The van der Waals surface area contributed by atoms with Crippen LogP contribution >= 0.6 is 0 Å². The van der Waals surface area contributed by atoms with Crippen LogP contribution in [0, 0.1) is 0 Å². The van der Waals surface area contributed by atoms with Crippen molar-refractivity contribution in [3.63, 3.8) is 0 Å². The fourth-order valence-corrected chi connectivity index (χ4v) is 2.89. The first-order valence-corrected chi connectivity index (χ1v) is 8.60. The Morgan fingerprint density at radius 3 is 3.12 bits per heavy atom. The number of carbonyl (C=O) groups is 1. The highest BCUT2D eigenvalue weighted by Crippen LogP contribution is 2.15. The van der Waals surface area contributed by atoms with E-state index in [1.165, 1.54) is 19.3 Å². The highest BCUT2D eigenvalue weighted by atomic mass is 16.1. The normalized spacial score (nSPS) is 14.3. The Balaban J connectivity index is 1.42. The lowest BCUT2D eigenvalue weighted by Crippen LogP contribution is -2.22. The molecule has 1 amide bonds. The number of nitrogens with one attached hydrogen (secondary N) is 1. The van der Waals surface area contributed by atoms with Crippen LogP contribution in [0.5, 0.6) is 0 Å². The van der Waals surface area contributed by atoms with Gasteiger partial charge in [0.25, 0.3) is 0 Å². The van der Waals surface area contributed by atoms with Crippen molar-refractivity contribution in [2.45, 2.75) is 45.1 Å². The maximum absolute atomic E-state index is 11.8. The molecule has 1 aliphatic heterocycles. The van der Waals surface area contributed by atoms with Crippen LogP contribution in [-0.4, -0.2) is 32.2 Å². The minimum absolute atomic E-state index is 0.0843. The van der Waals surface area contributed by atoms with E-state index >= 15 is 0 Å². The van der Waals surface area contributed by atoms with Gasteiger partial charge in [0.2, 0.25) is 5.91 Å². The van der Waals surface area contributed by atoms with Gasteiger partial charge in [-0.05, 0) is 37.0 Å². The van der Waals surface area contributed by atoms with E-state index in [-0.39, 0.29) is 5.91 Å². The molecule has 0 radical (unpaired) electrons. The van der Waals surface area contributed by atoms with Crippen LogP contribution in [0.4, 0.5) is 0 Å². The largest absolute Gasteiger partial charge is 0.353 e. The van der Waals surface area contributed by atoms with Gasteiger partial charge in [0.1, 0.15) is 11.6 Å². The average molecular weight is 325 g/mol. The van der Waals surface area contributed by atoms with E-state index in [4.69, 9.17) is 0 Å². The Hall–Kier alpha value is -2.50. The van der Waals surface area contributed by atoms with Crippen LogP contribution in [0.15, 0.2) is 30.6 Å². The highest BCUT2D eigenvalue weighted by molar-refractivity contribution is 5.91. The van der Waals surface area contributed by atoms with Gasteiger partial charge in [-0.25, -0.2) is 0 Å². The quantitative estimate of drug-likeness (QED) is 0.652. The number of pyridine rings is 1. The monoisotopic (exact) mass is 325 g/mol. The Morgan fingerprint density at radius 2 is 2.25 bits per heavy atom. The van der Waals surface area contributed by atoms with Crippen LogP contribution in [0.3, 0.4) is 0 Å². The van der Waals surface area contributed by atoms with Crippen molar-refractivity contribution in [2.24, 2.45) is 0 Å². The molecule has 24 heavy (non-hydrogen) atoms. The van der Waals surface area contributed by atoms with E-state index in [1.54, 1.807) is 24.5 Å². The lowest BCUT2D eigenvalue weighted by Gasteiger charge is -2.07.